The van der Waals surface area contributed by atoms with Gasteiger partial charge < -0.3 is 15.6 Å². The zero-order chi connectivity index (χ0) is 13.8. The number of aliphatic hydroxyl groups excluding tert-OH is 1. The normalized spacial score (nSPS) is 19.0. The Bertz CT molecular complexity index is 424. The number of hydrogen-bond acceptors (Lipinski definition) is 3. The van der Waals surface area contributed by atoms with E-state index in [0.717, 1.165) is 25.7 Å². The largest absolute Gasteiger partial charge is 0.497 e. The summed E-state index contributed by atoms with van der Waals surface area (Å²) in [4.78, 5) is 0. The number of benzene rings is 1. The number of ether oxygens (including phenoxy) is 1. The highest BCUT2D eigenvalue weighted by Gasteiger charge is 2.29. The smallest absolute Gasteiger partial charge is 0.128 e. The average molecular weight is 304 g/mol. The van der Waals surface area contributed by atoms with Crippen LogP contribution in [0, 0.1) is 11.7 Å². The van der Waals surface area contributed by atoms with Crippen molar-refractivity contribution in [2.75, 3.05) is 7.11 Å². The Labute approximate surface area is 125 Å². The average Bonchev–Trinajstić information content (AvgIpc) is 2.47. The molecule has 0 amide bonds. The molecule has 5 heteroatoms. The minimum atomic E-state index is -0.696. The van der Waals surface area contributed by atoms with Crippen molar-refractivity contribution in [1.82, 2.24) is 0 Å². The Morgan fingerprint density at radius 1 is 1.30 bits per heavy atom. The summed E-state index contributed by atoms with van der Waals surface area (Å²) in [6, 6.07) is 3.77. The lowest BCUT2D eigenvalue weighted by atomic mass is 9.81. The van der Waals surface area contributed by atoms with Gasteiger partial charge >= 0.3 is 0 Å². The van der Waals surface area contributed by atoms with Crippen LogP contribution in [0.15, 0.2) is 18.2 Å². The summed E-state index contributed by atoms with van der Waals surface area (Å²) in [6.07, 6.45) is 4.71. The van der Waals surface area contributed by atoms with E-state index in [1.807, 2.05) is 0 Å². The maximum Gasteiger partial charge on any atom is 0.128 e. The fraction of sp³-hybridized carbons (Fsp3) is 0.600. The molecular formula is C15H23ClFNO2. The third kappa shape index (κ3) is 3.84. The molecule has 0 aromatic heterocycles. The van der Waals surface area contributed by atoms with Crippen molar-refractivity contribution in [1.29, 1.82) is 0 Å². The molecule has 0 bridgehead atoms. The van der Waals surface area contributed by atoms with Gasteiger partial charge in [-0.25, -0.2) is 4.39 Å². The van der Waals surface area contributed by atoms with Gasteiger partial charge in [-0.1, -0.05) is 19.3 Å². The zero-order valence-corrected chi connectivity index (χ0v) is 12.5. The van der Waals surface area contributed by atoms with Crippen LogP contribution in [0.2, 0.25) is 0 Å². The van der Waals surface area contributed by atoms with Crippen molar-refractivity contribution in [3.8, 4) is 5.75 Å². The van der Waals surface area contributed by atoms with Crippen molar-refractivity contribution in [3.63, 3.8) is 0 Å². The summed E-state index contributed by atoms with van der Waals surface area (Å²) < 4.78 is 18.9. The quantitative estimate of drug-likeness (QED) is 0.898. The van der Waals surface area contributed by atoms with E-state index < -0.39 is 12.1 Å². The van der Waals surface area contributed by atoms with Crippen molar-refractivity contribution >= 4 is 12.4 Å². The minimum absolute atomic E-state index is 0. The molecule has 0 saturated heterocycles. The SMILES string of the molecule is COc1ccc(F)c([C@@H](N)[C@@H](O)C2CCCCC2)c1.Cl. The predicted molar refractivity (Wildman–Crippen MR) is 79.7 cm³/mol. The number of hydrogen-bond donors (Lipinski definition) is 2. The van der Waals surface area contributed by atoms with Crippen LogP contribution in [-0.4, -0.2) is 18.3 Å². The first-order valence-corrected chi connectivity index (χ1v) is 6.90. The molecule has 3 nitrogen and oxygen atoms in total. The molecule has 0 aliphatic heterocycles. The molecule has 1 saturated carbocycles. The number of methoxy groups -OCH3 is 1. The second kappa shape index (κ2) is 7.81. The molecule has 0 spiro atoms. The van der Waals surface area contributed by atoms with Crippen LogP contribution in [0.5, 0.6) is 5.75 Å². The predicted octanol–water partition coefficient (Wildman–Crippen LogP) is 3.20. The molecule has 1 aliphatic rings. The topological polar surface area (TPSA) is 55.5 Å². The molecule has 3 N–H and O–H groups in total. The van der Waals surface area contributed by atoms with E-state index in [-0.39, 0.29) is 24.1 Å². The highest BCUT2D eigenvalue weighted by atomic mass is 35.5. The number of halogens is 2. The standard InChI is InChI=1S/C15H22FNO2.ClH/c1-19-11-7-8-13(16)12(9-11)14(17)15(18)10-5-3-2-4-6-10;/h7-10,14-15,18H,2-6,17H2,1H3;1H/t14-,15+;/m1./s1. The number of rotatable bonds is 4. The first kappa shape index (κ1) is 17.2. The Morgan fingerprint density at radius 2 is 1.95 bits per heavy atom. The van der Waals surface area contributed by atoms with E-state index >= 15 is 0 Å². The van der Waals surface area contributed by atoms with Crippen molar-refractivity contribution in [2.45, 2.75) is 44.2 Å². The highest BCUT2D eigenvalue weighted by Crippen LogP contribution is 2.33. The highest BCUT2D eigenvalue weighted by molar-refractivity contribution is 5.85. The molecule has 1 aromatic carbocycles. The van der Waals surface area contributed by atoms with Crippen LogP contribution in [0.4, 0.5) is 4.39 Å². The minimum Gasteiger partial charge on any atom is -0.497 e. The summed E-state index contributed by atoms with van der Waals surface area (Å²) in [7, 11) is 1.53. The fourth-order valence-electron chi connectivity index (χ4n) is 2.86. The first-order chi connectivity index (χ1) is 9.13. The van der Waals surface area contributed by atoms with Crippen LogP contribution < -0.4 is 10.5 Å². The summed E-state index contributed by atoms with van der Waals surface area (Å²) in [5, 5.41) is 10.4. The fourth-order valence-corrected chi connectivity index (χ4v) is 2.86. The first-order valence-electron chi connectivity index (χ1n) is 6.90. The molecular weight excluding hydrogens is 281 g/mol. The van der Waals surface area contributed by atoms with Crippen LogP contribution >= 0.6 is 12.4 Å². The summed E-state index contributed by atoms with van der Waals surface area (Å²) >= 11 is 0. The molecule has 1 aliphatic carbocycles. The van der Waals surface area contributed by atoms with Crippen LogP contribution in [-0.2, 0) is 0 Å². The Kier molecular flexibility index (Phi) is 6.72. The third-order valence-corrected chi connectivity index (χ3v) is 4.06. The van der Waals surface area contributed by atoms with E-state index in [1.54, 1.807) is 12.1 Å². The van der Waals surface area contributed by atoms with Gasteiger partial charge in [0, 0.05) is 5.56 Å². The van der Waals surface area contributed by atoms with Gasteiger partial charge in [0.15, 0.2) is 0 Å². The lowest BCUT2D eigenvalue weighted by molar-refractivity contribution is 0.0607. The molecule has 1 aromatic rings. The summed E-state index contributed by atoms with van der Waals surface area (Å²) in [5.74, 6) is 0.347. The molecule has 0 radical (unpaired) electrons. The second-order valence-corrected chi connectivity index (χ2v) is 5.30. The number of nitrogens with two attached hydrogens (primary N) is 1. The lowest BCUT2D eigenvalue weighted by Crippen LogP contribution is -2.34. The maximum absolute atomic E-state index is 13.8. The molecule has 0 unspecified atom stereocenters. The molecule has 114 valence electrons. The van der Waals surface area contributed by atoms with Crippen molar-refractivity contribution < 1.29 is 14.2 Å². The Balaban J connectivity index is 0.00000200. The van der Waals surface area contributed by atoms with Gasteiger partial charge in [0.1, 0.15) is 11.6 Å². The van der Waals surface area contributed by atoms with E-state index in [1.165, 1.54) is 19.6 Å². The third-order valence-electron chi connectivity index (χ3n) is 4.06. The van der Waals surface area contributed by atoms with Gasteiger partial charge in [0.25, 0.3) is 0 Å². The zero-order valence-electron chi connectivity index (χ0n) is 11.7. The maximum atomic E-state index is 13.8. The second-order valence-electron chi connectivity index (χ2n) is 5.30. The van der Waals surface area contributed by atoms with Gasteiger partial charge in [-0.3, -0.25) is 0 Å². The van der Waals surface area contributed by atoms with Gasteiger partial charge in [0.2, 0.25) is 0 Å². The van der Waals surface area contributed by atoms with Gasteiger partial charge in [-0.15, -0.1) is 12.4 Å². The summed E-state index contributed by atoms with van der Waals surface area (Å²) in [5.41, 5.74) is 6.38. The van der Waals surface area contributed by atoms with E-state index in [0.29, 0.717) is 11.3 Å². The van der Waals surface area contributed by atoms with Gasteiger partial charge in [-0.2, -0.15) is 0 Å². The van der Waals surface area contributed by atoms with Crippen LogP contribution in [0.3, 0.4) is 0 Å². The molecule has 2 rings (SSSR count). The Hall–Kier alpha value is -0.840. The van der Waals surface area contributed by atoms with Crippen molar-refractivity contribution in [3.05, 3.63) is 29.6 Å². The molecule has 2 atom stereocenters. The van der Waals surface area contributed by atoms with Crippen molar-refractivity contribution in [2.24, 2.45) is 11.7 Å². The summed E-state index contributed by atoms with van der Waals surface area (Å²) in [6.45, 7) is 0. The monoisotopic (exact) mass is 303 g/mol. The molecule has 20 heavy (non-hydrogen) atoms. The van der Waals surface area contributed by atoms with E-state index in [9.17, 15) is 9.50 Å². The van der Waals surface area contributed by atoms with E-state index in [4.69, 9.17) is 10.5 Å². The Morgan fingerprint density at radius 3 is 2.55 bits per heavy atom. The van der Waals surface area contributed by atoms with Crippen LogP contribution in [0.1, 0.15) is 43.7 Å². The van der Waals surface area contributed by atoms with Crippen LogP contribution in [0.25, 0.3) is 0 Å². The lowest BCUT2D eigenvalue weighted by Gasteiger charge is -2.30. The van der Waals surface area contributed by atoms with E-state index in [2.05, 4.69) is 0 Å². The van der Waals surface area contributed by atoms with Gasteiger partial charge in [0.05, 0.1) is 19.3 Å². The molecule has 1 fully saturated rings. The molecule has 0 heterocycles. The van der Waals surface area contributed by atoms with Gasteiger partial charge in [-0.05, 0) is 37.0 Å². The number of aliphatic hydroxyl groups is 1.